The fraction of sp³-hybridized carbons (Fsp3) is 0. The molecule has 2 rings (SSSR count). The minimum absolute atomic E-state index is 0.413. The average molecular weight is 286 g/mol. The molecule has 0 fully saturated rings. The molecule has 0 aliphatic rings. The number of rotatable bonds is 3. The standard InChI is InChI=1S/C14H14N4OS/c15-10-4-6-11(7-5-10)17-14(20)18-12-3-1-2-9(8-12)13(16)19/h1-8H,15H2,(H2,16,19)(H2,17,18,20). The van der Waals surface area contributed by atoms with Gasteiger partial charge in [-0.25, -0.2) is 0 Å². The Hall–Kier alpha value is -2.60. The van der Waals surface area contributed by atoms with Crippen LogP contribution in [0.5, 0.6) is 0 Å². The first-order valence-corrected chi connectivity index (χ1v) is 6.29. The SMILES string of the molecule is NC(=O)c1cccc(NC(=S)Nc2ccc(N)cc2)c1. The van der Waals surface area contributed by atoms with Crippen LogP contribution in [-0.4, -0.2) is 11.0 Å². The van der Waals surface area contributed by atoms with Crippen LogP contribution in [0.1, 0.15) is 10.4 Å². The van der Waals surface area contributed by atoms with Gasteiger partial charge in [0, 0.05) is 22.6 Å². The lowest BCUT2D eigenvalue weighted by atomic mass is 10.2. The van der Waals surface area contributed by atoms with Gasteiger partial charge in [-0.15, -0.1) is 0 Å². The first-order valence-electron chi connectivity index (χ1n) is 5.88. The van der Waals surface area contributed by atoms with Crippen molar-refractivity contribution in [1.82, 2.24) is 0 Å². The van der Waals surface area contributed by atoms with Crippen molar-refractivity contribution in [2.45, 2.75) is 0 Å². The summed E-state index contributed by atoms with van der Waals surface area (Å²) < 4.78 is 0. The summed E-state index contributed by atoms with van der Waals surface area (Å²) in [5.41, 5.74) is 13.4. The van der Waals surface area contributed by atoms with Crippen molar-refractivity contribution >= 4 is 40.3 Å². The average Bonchev–Trinajstić information content (AvgIpc) is 2.41. The van der Waals surface area contributed by atoms with Crippen LogP contribution in [0.4, 0.5) is 17.1 Å². The first kappa shape index (κ1) is 13.8. The van der Waals surface area contributed by atoms with Crippen LogP contribution in [0.25, 0.3) is 0 Å². The highest BCUT2D eigenvalue weighted by Gasteiger charge is 2.03. The lowest BCUT2D eigenvalue weighted by Crippen LogP contribution is -2.19. The quantitative estimate of drug-likeness (QED) is 0.512. The smallest absolute Gasteiger partial charge is 0.248 e. The number of nitrogen functional groups attached to an aromatic ring is 1. The third-order valence-corrected chi connectivity index (χ3v) is 2.78. The van der Waals surface area contributed by atoms with Gasteiger partial charge in [0.15, 0.2) is 5.11 Å². The molecule has 0 unspecified atom stereocenters. The highest BCUT2D eigenvalue weighted by Crippen LogP contribution is 2.13. The lowest BCUT2D eigenvalue weighted by molar-refractivity contribution is 0.100. The molecule has 5 nitrogen and oxygen atoms in total. The molecule has 0 bridgehead atoms. The lowest BCUT2D eigenvalue weighted by Gasteiger charge is -2.11. The van der Waals surface area contributed by atoms with Gasteiger partial charge in [0.1, 0.15) is 0 Å². The Bertz CT molecular complexity index is 640. The largest absolute Gasteiger partial charge is 0.399 e. The zero-order valence-corrected chi connectivity index (χ0v) is 11.4. The van der Waals surface area contributed by atoms with Crippen molar-refractivity contribution in [3.8, 4) is 0 Å². The number of nitrogens with one attached hydrogen (secondary N) is 2. The van der Waals surface area contributed by atoms with E-state index in [1.165, 1.54) is 0 Å². The Balaban J connectivity index is 2.02. The number of nitrogens with two attached hydrogens (primary N) is 2. The minimum Gasteiger partial charge on any atom is -0.399 e. The molecule has 0 heterocycles. The molecule has 0 aliphatic heterocycles. The number of thiocarbonyl (C=S) groups is 1. The van der Waals surface area contributed by atoms with Crippen molar-refractivity contribution in [3.63, 3.8) is 0 Å². The van der Waals surface area contributed by atoms with Crippen molar-refractivity contribution in [2.75, 3.05) is 16.4 Å². The zero-order valence-electron chi connectivity index (χ0n) is 10.6. The summed E-state index contributed by atoms with van der Waals surface area (Å²) >= 11 is 5.19. The van der Waals surface area contributed by atoms with Gasteiger partial charge in [-0.05, 0) is 54.7 Å². The molecule has 6 heteroatoms. The molecule has 0 radical (unpaired) electrons. The van der Waals surface area contributed by atoms with Gasteiger partial charge in [-0.1, -0.05) is 6.07 Å². The minimum atomic E-state index is -0.480. The summed E-state index contributed by atoms with van der Waals surface area (Å²) in [6.45, 7) is 0. The van der Waals surface area contributed by atoms with Crippen LogP contribution in [0.15, 0.2) is 48.5 Å². The summed E-state index contributed by atoms with van der Waals surface area (Å²) in [5, 5.41) is 6.41. The van der Waals surface area contributed by atoms with Gasteiger partial charge < -0.3 is 22.1 Å². The molecule has 0 aliphatic carbocycles. The van der Waals surface area contributed by atoms with E-state index < -0.39 is 5.91 Å². The van der Waals surface area contributed by atoms with Crippen LogP contribution in [-0.2, 0) is 0 Å². The molecule has 20 heavy (non-hydrogen) atoms. The third-order valence-electron chi connectivity index (χ3n) is 2.57. The Morgan fingerprint density at radius 1 is 1.00 bits per heavy atom. The van der Waals surface area contributed by atoms with Gasteiger partial charge >= 0.3 is 0 Å². The van der Waals surface area contributed by atoms with Gasteiger partial charge in [-0.3, -0.25) is 4.79 Å². The third kappa shape index (κ3) is 3.69. The molecule has 1 amide bonds. The van der Waals surface area contributed by atoms with Gasteiger partial charge in [0.25, 0.3) is 0 Å². The molecule has 0 spiro atoms. The molecule has 0 saturated heterocycles. The topological polar surface area (TPSA) is 93.2 Å². The number of anilines is 3. The van der Waals surface area contributed by atoms with Crippen molar-refractivity contribution in [3.05, 3.63) is 54.1 Å². The van der Waals surface area contributed by atoms with Crippen molar-refractivity contribution < 1.29 is 4.79 Å². The molecule has 2 aromatic carbocycles. The van der Waals surface area contributed by atoms with Crippen LogP contribution in [0, 0.1) is 0 Å². The maximum atomic E-state index is 11.1. The number of carbonyl (C=O) groups is 1. The van der Waals surface area contributed by atoms with Gasteiger partial charge in [0.2, 0.25) is 5.91 Å². The molecule has 2 aromatic rings. The number of amides is 1. The Labute approximate surface area is 122 Å². The number of carbonyl (C=O) groups excluding carboxylic acids is 1. The Morgan fingerprint density at radius 2 is 1.65 bits per heavy atom. The van der Waals surface area contributed by atoms with Crippen LogP contribution in [0.3, 0.4) is 0 Å². The molecule has 6 N–H and O–H groups in total. The van der Waals surface area contributed by atoms with Crippen LogP contribution in [0.2, 0.25) is 0 Å². The number of primary amides is 1. The van der Waals surface area contributed by atoms with E-state index in [2.05, 4.69) is 10.6 Å². The van der Waals surface area contributed by atoms with Crippen molar-refractivity contribution in [1.29, 1.82) is 0 Å². The Morgan fingerprint density at radius 3 is 2.30 bits per heavy atom. The highest BCUT2D eigenvalue weighted by molar-refractivity contribution is 7.80. The second kappa shape index (κ2) is 6.03. The van der Waals surface area contributed by atoms with Gasteiger partial charge in [-0.2, -0.15) is 0 Å². The number of hydrogen-bond donors (Lipinski definition) is 4. The Kier molecular flexibility index (Phi) is 4.17. The van der Waals surface area contributed by atoms with E-state index in [1.807, 2.05) is 12.1 Å². The predicted octanol–water partition coefficient (Wildman–Crippen LogP) is 2.18. The molecular formula is C14H14N4OS. The summed E-state index contributed by atoms with van der Waals surface area (Å²) in [4.78, 5) is 11.1. The zero-order chi connectivity index (χ0) is 14.5. The van der Waals surface area contributed by atoms with E-state index in [0.29, 0.717) is 22.1 Å². The van der Waals surface area contributed by atoms with E-state index in [4.69, 9.17) is 23.7 Å². The van der Waals surface area contributed by atoms with E-state index >= 15 is 0 Å². The summed E-state index contributed by atoms with van der Waals surface area (Å²) in [5.74, 6) is -0.480. The fourth-order valence-corrected chi connectivity index (χ4v) is 1.85. The molecule has 0 atom stereocenters. The molecule has 0 saturated carbocycles. The monoisotopic (exact) mass is 286 g/mol. The fourth-order valence-electron chi connectivity index (χ4n) is 1.61. The maximum Gasteiger partial charge on any atom is 0.248 e. The first-order chi connectivity index (χ1) is 9.54. The summed E-state index contributed by atoms with van der Waals surface area (Å²) in [7, 11) is 0. The van der Waals surface area contributed by atoms with Crippen molar-refractivity contribution in [2.24, 2.45) is 5.73 Å². The van der Waals surface area contributed by atoms with E-state index in [0.717, 1.165) is 5.69 Å². The second-order valence-electron chi connectivity index (χ2n) is 4.15. The highest BCUT2D eigenvalue weighted by atomic mass is 32.1. The van der Waals surface area contributed by atoms with E-state index in [-0.39, 0.29) is 0 Å². The second-order valence-corrected chi connectivity index (χ2v) is 4.55. The number of benzene rings is 2. The predicted molar refractivity (Wildman–Crippen MR) is 85.7 cm³/mol. The van der Waals surface area contributed by atoms with E-state index in [9.17, 15) is 4.79 Å². The van der Waals surface area contributed by atoms with Gasteiger partial charge in [0.05, 0.1) is 0 Å². The van der Waals surface area contributed by atoms with E-state index in [1.54, 1.807) is 36.4 Å². The maximum absolute atomic E-state index is 11.1. The molecule has 0 aromatic heterocycles. The van der Waals surface area contributed by atoms with Crippen LogP contribution >= 0.6 is 12.2 Å². The van der Waals surface area contributed by atoms with Crippen LogP contribution < -0.4 is 22.1 Å². The summed E-state index contributed by atoms with van der Waals surface area (Å²) in [6, 6.07) is 14.0. The normalized spacial score (nSPS) is 9.80. The number of hydrogen-bond acceptors (Lipinski definition) is 3. The summed E-state index contributed by atoms with van der Waals surface area (Å²) in [6.07, 6.45) is 0. The molecule has 102 valence electrons. The molecular weight excluding hydrogens is 272 g/mol.